The number of hydrazone groups is 1. The summed E-state index contributed by atoms with van der Waals surface area (Å²) in [6.45, 7) is 0. The van der Waals surface area contributed by atoms with E-state index in [1.165, 1.54) is 10.5 Å². The van der Waals surface area contributed by atoms with Crippen molar-refractivity contribution in [3.05, 3.63) is 89.5 Å². The summed E-state index contributed by atoms with van der Waals surface area (Å²) in [7, 11) is 1.68. The van der Waals surface area contributed by atoms with Gasteiger partial charge in [-0.25, -0.2) is 5.01 Å². The third kappa shape index (κ3) is 3.25. The molecule has 2 atom stereocenters. The molecule has 0 fully saturated rings. The van der Waals surface area contributed by atoms with E-state index < -0.39 is 0 Å². The third-order valence-corrected chi connectivity index (χ3v) is 6.27. The molecule has 5 heteroatoms. The van der Waals surface area contributed by atoms with Crippen LogP contribution in [0, 0.1) is 0 Å². The molecule has 0 aliphatic carbocycles. The van der Waals surface area contributed by atoms with Crippen LogP contribution in [0.3, 0.4) is 0 Å². The van der Waals surface area contributed by atoms with Gasteiger partial charge in [0.1, 0.15) is 11.5 Å². The maximum absolute atomic E-state index is 6.42. The quantitative estimate of drug-likeness (QED) is 0.528. The minimum atomic E-state index is -0.235. The molecule has 0 saturated heterocycles. The van der Waals surface area contributed by atoms with Gasteiger partial charge in [-0.1, -0.05) is 30.3 Å². The lowest BCUT2D eigenvalue weighted by atomic mass is 9.96. The zero-order chi connectivity index (χ0) is 19.8. The van der Waals surface area contributed by atoms with Crippen LogP contribution in [0.15, 0.2) is 82.8 Å². The van der Waals surface area contributed by atoms with Crippen molar-refractivity contribution in [2.75, 3.05) is 13.4 Å². The van der Waals surface area contributed by atoms with Gasteiger partial charge in [-0.05, 0) is 54.3 Å². The lowest BCUT2D eigenvalue weighted by Crippen LogP contribution is -2.33. The number of fused-ring (bicyclic) bond motifs is 3. The number of benzene rings is 3. The van der Waals surface area contributed by atoms with Crippen LogP contribution in [0.4, 0.5) is 0 Å². The minimum absolute atomic E-state index is 0.169. The molecule has 3 aromatic rings. The normalized spacial score (nSPS) is 19.8. The van der Waals surface area contributed by atoms with Crippen LogP contribution in [0.2, 0.25) is 0 Å². The molecular weight excluding hydrogens is 380 g/mol. The van der Waals surface area contributed by atoms with Crippen molar-refractivity contribution in [2.24, 2.45) is 5.10 Å². The Bertz CT molecular complexity index is 1050. The summed E-state index contributed by atoms with van der Waals surface area (Å²) < 4.78 is 11.7. The summed E-state index contributed by atoms with van der Waals surface area (Å²) in [4.78, 5) is 1.24. The van der Waals surface area contributed by atoms with Gasteiger partial charge in [-0.2, -0.15) is 5.10 Å². The highest BCUT2D eigenvalue weighted by Crippen LogP contribution is 2.47. The Kier molecular flexibility index (Phi) is 4.68. The second-order valence-electron chi connectivity index (χ2n) is 7.16. The molecule has 146 valence electrons. The number of methoxy groups -OCH3 is 1. The predicted octanol–water partition coefficient (Wildman–Crippen LogP) is 5.66. The predicted molar refractivity (Wildman–Crippen MR) is 117 cm³/mol. The summed E-state index contributed by atoms with van der Waals surface area (Å²) in [5.74, 6) is 1.80. The van der Waals surface area contributed by atoms with Gasteiger partial charge in [0.05, 0.1) is 18.9 Å². The number of hydrogen-bond donors (Lipinski definition) is 0. The van der Waals surface area contributed by atoms with E-state index in [2.05, 4.69) is 65.9 Å². The summed E-state index contributed by atoms with van der Waals surface area (Å²) in [6, 6.07) is 25.2. The van der Waals surface area contributed by atoms with Gasteiger partial charge in [0, 0.05) is 22.4 Å². The van der Waals surface area contributed by atoms with Crippen molar-refractivity contribution in [2.45, 2.75) is 23.6 Å². The number of rotatable bonds is 4. The molecule has 0 aromatic heterocycles. The number of ether oxygens (including phenoxy) is 2. The van der Waals surface area contributed by atoms with Gasteiger partial charge in [0.25, 0.3) is 0 Å². The van der Waals surface area contributed by atoms with E-state index in [0.29, 0.717) is 0 Å². The number of thioether (sulfide) groups is 1. The number of para-hydroxylation sites is 1. The van der Waals surface area contributed by atoms with Gasteiger partial charge >= 0.3 is 0 Å². The zero-order valence-corrected chi connectivity index (χ0v) is 17.2. The molecule has 2 heterocycles. The van der Waals surface area contributed by atoms with Crippen molar-refractivity contribution in [1.29, 1.82) is 0 Å². The van der Waals surface area contributed by atoms with Crippen LogP contribution < -0.4 is 9.47 Å². The van der Waals surface area contributed by atoms with Crippen LogP contribution in [0.1, 0.15) is 35.4 Å². The highest BCUT2D eigenvalue weighted by molar-refractivity contribution is 7.98. The molecule has 4 nitrogen and oxygen atoms in total. The Labute approximate surface area is 175 Å². The van der Waals surface area contributed by atoms with Crippen molar-refractivity contribution in [1.82, 2.24) is 5.01 Å². The van der Waals surface area contributed by atoms with E-state index in [-0.39, 0.29) is 12.3 Å². The molecule has 2 aliphatic heterocycles. The van der Waals surface area contributed by atoms with Gasteiger partial charge in [0.2, 0.25) is 6.23 Å². The molecule has 29 heavy (non-hydrogen) atoms. The largest absolute Gasteiger partial charge is 0.497 e. The fraction of sp³-hybridized carbons (Fsp3) is 0.208. The molecule has 0 N–H and O–H groups in total. The SMILES string of the molecule is COc1ccc(C2=NN3C(C2)c2ccccc2OC3c2ccc(SC)cc2)cc1. The van der Waals surface area contributed by atoms with Crippen molar-refractivity contribution in [3.63, 3.8) is 0 Å². The van der Waals surface area contributed by atoms with Crippen LogP contribution in [0.5, 0.6) is 11.5 Å². The first-order chi connectivity index (χ1) is 14.3. The number of hydrogen-bond acceptors (Lipinski definition) is 5. The second kappa shape index (κ2) is 7.48. The fourth-order valence-corrected chi connectivity index (χ4v) is 4.39. The standard InChI is InChI=1S/C24H22N2O2S/c1-27-18-11-7-16(8-12-18)21-15-22-20-5-3-4-6-23(20)28-24(26(22)25-21)17-9-13-19(29-2)14-10-17/h3-14,22,24H,15H2,1-2H3. The third-order valence-electron chi connectivity index (χ3n) is 5.52. The first-order valence-electron chi connectivity index (χ1n) is 9.66. The lowest BCUT2D eigenvalue weighted by Gasteiger charge is -2.38. The van der Waals surface area contributed by atoms with Crippen molar-refractivity contribution < 1.29 is 9.47 Å². The topological polar surface area (TPSA) is 34.1 Å². The van der Waals surface area contributed by atoms with Crippen LogP contribution in [-0.4, -0.2) is 24.1 Å². The Morgan fingerprint density at radius 1 is 1.00 bits per heavy atom. The molecule has 5 rings (SSSR count). The molecule has 0 saturated carbocycles. The van der Waals surface area contributed by atoms with Gasteiger partial charge in [-0.3, -0.25) is 0 Å². The monoisotopic (exact) mass is 402 g/mol. The van der Waals surface area contributed by atoms with E-state index in [4.69, 9.17) is 14.6 Å². The summed E-state index contributed by atoms with van der Waals surface area (Å²) in [5.41, 5.74) is 4.50. The molecule has 0 bridgehead atoms. The van der Waals surface area contributed by atoms with E-state index in [9.17, 15) is 0 Å². The first kappa shape index (κ1) is 18.1. The molecule has 2 aliphatic rings. The average Bonchev–Trinajstić information content (AvgIpc) is 3.24. The van der Waals surface area contributed by atoms with E-state index in [1.54, 1.807) is 18.9 Å². The fourth-order valence-electron chi connectivity index (χ4n) is 3.98. The van der Waals surface area contributed by atoms with Gasteiger partial charge < -0.3 is 9.47 Å². The average molecular weight is 403 g/mol. The molecule has 0 radical (unpaired) electrons. The Balaban J connectivity index is 1.54. The van der Waals surface area contributed by atoms with E-state index >= 15 is 0 Å². The lowest BCUT2D eigenvalue weighted by molar-refractivity contribution is -0.0190. The highest BCUT2D eigenvalue weighted by Gasteiger charge is 2.40. The van der Waals surface area contributed by atoms with Crippen LogP contribution in [-0.2, 0) is 0 Å². The maximum atomic E-state index is 6.42. The van der Waals surface area contributed by atoms with E-state index in [0.717, 1.165) is 34.8 Å². The molecule has 3 aromatic carbocycles. The summed E-state index contributed by atoms with van der Waals surface area (Å²) in [5, 5.41) is 7.14. The van der Waals surface area contributed by atoms with Crippen molar-refractivity contribution in [3.8, 4) is 11.5 Å². The van der Waals surface area contributed by atoms with Gasteiger partial charge in [-0.15, -0.1) is 11.8 Å². The Morgan fingerprint density at radius 2 is 1.76 bits per heavy atom. The smallest absolute Gasteiger partial charge is 0.213 e. The second-order valence-corrected chi connectivity index (χ2v) is 8.04. The minimum Gasteiger partial charge on any atom is -0.497 e. The Hall–Kier alpha value is -2.92. The summed E-state index contributed by atoms with van der Waals surface area (Å²) in [6.07, 6.45) is 2.71. The molecule has 0 spiro atoms. The number of nitrogens with zero attached hydrogens (tertiary/aromatic N) is 2. The summed E-state index contributed by atoms with van der Waals surface area (Å²) >= 11 is 1.74. The highest BCUT2D eigenvalue weighted by atomic mass is 32.2. The van der Waals surface area contributed by atoms with E-state index in [1.807, 2.05) is 18.2 Å². The first-order valence-corrected chi connectivity index (χ1v) is 10.9. The maximum Gasteiger partial charge on any atom is 0.213 e. The molecule has 0 amide bonds. The van der Waals surface area contributed by atoms with Gasteiger partial charge in [0.15, 0.2) is 0 Å². The Morgan fingerprint density at radius 3 is 2.48 bits per heavy atom. The molecule has 2 unspecified atom stereocenters. The molecular formula is C24H22N2O2S. The van der Waals surface area contributed by atoms with Crippen LogP contribution in [0.25, 0.3) is 0 Å². The van der Waals surface area contributed by atoms with Crippen molar-refractivity contribution >= 4 is 17.5 Å². The zero-order valence-electron chi connectivity index (χ0n) is 16.4. The van der Waals surface area contributed by atoms with Crippen LogP contribution >= 0.6 is 11.8 Å².